The number of halogens is 2. The molecule has 0 bridgehead atoms. The first-order valence-corrected chi connectivity index (χ1v) is 11.4. The van der Waals surface area contributed by atoms with Crippen molar-refractivity contribution >= 4 is 40.9 Å². The van der Waals surface area contributed by atoms with E-state index in [-0.39, 0.29) is 34.6 Å². The van der Waals surface area contributed by atoms with E-state index in [1.165, 1.54) is 18.3 Å². The largest absolute Gasteiger partial charge is 0.508 e. The lowest BCUT2D eigenvalue weighted by Gasteiger charge is -2.40. The molecule has 2 heterocycles. The lowest BCUT2D eigenvalue weighted by atomic mass is 9.83. The molecule has 33 heavy (non-hydrogen) atoms. The Morgan fingerprint density at radius 1 is 1.18 bits per heavy atom. The van der Waals surface area contributed by atoms with Crippen molar-refractivity contribution in [2.45, 2.75) is 37.3 Å². The molecule has 0 aromatic heterocycles. The molecular formula is C24H23ClFN3O4. The molecular weight excluding hydrogens is 449 g/mol. The number of rotatable bonds is 5. The van der Waals surface area contributed by atoms with E-state index in [0.29, 0.717) is 24.3 Å². The molecule has 0 spiro atoms. The minimum atomic E-state index is -2.13. The van der Waals surface area contributed by atoms with Gasteiger partial charge in [0.15, 0.2) is 0 Å². The molecule has 5 rings (SSSR count). The topological polar surface area (TPSA) is 93.4 Å². The molecule has 1 unspecified atom stereocenters. The van der Waals surface area contributed by atoms with Crippen LogP contribution in [-0.4, -0.2) is 59.4 Å². The molecule has 2 fully saturated rings. The molecule has 3 aliphatic rings. The van der Waals surface area contributed by atoms with E-state index in [2.05, 4.69) is 4.99 Å². The van der Waals surface area contributed by atoms with Crippen LogP contribution < -0.4 is 9.80 Å². The zero-order chi connectivity index (χ0) is 23.3. The summed E-state index contributed by atoms with van der Waals surface area (Å²) in [5.41, 5.74) is -0.966. The number of carboxylic acid groups (broad SMARTS) is 1. The highest BCUT2D eigenvalue weighted by Gasteiger charge is 2.55. The smallest absolute Gasteiger partial charge is 0.341 e. The molecule has 0 radical (unpaired) electrons. The maximum atomic E-state index is 15.2. The van der Waals surface area contributed by atoms with Gasteiger partial charge in [0, 0.05) is 30.9 Å². The van der Waals surface area contributed by atoms with E-state index in [9.17, 15) is 19.8 Å². The molecule has 0 amide bonds. The number of phenols is 1. The van der Waals surface area contributed by atoms with E-state index in [1.807, 2.05) is 9.80 Å². The number of hydrogen-bond acceptors (Lipinski definition) is 6. The van der Waals surface area contributed by atoms with Gasteiger partial charge in [-0.05, 0) is 61.6 Å². The first-order chi connectivity index (χ1) is 15.8. The number of anilines is 2. The number of fused-ring (bicyclic) bond motifs is 1. The molecule has 1 saturated heterocycles. The number of carbonyl (C=O) groups is 2. The number of hydrogen-bond donors (Lipinski definition) is 2. The maximum Gasteiger partial charge on any atom is 0.341 e. The van der Waals surface area contributed by atoms with Crippen molar-refractivity contribution in [1.82, 2.24) is 0 Å². The monoisotopic (exact) mass is 471 g/mol. The van der Waals surface area contributed by atoms with Crippen LogP contribution in [-0.2, 0) is 4.79 Å². The molecule has 1 atom stereocenters. The highest BCUT2D eigenvalue weighted by Crippen LogP contribution is 2.49. The fourth-order valence-corrected chi connectivity index (χ4v) is 5.09. The molecule has 2 aromatic carbocycles. The van der Waals surface area contributed by atoms with Crippen LogP contribution in [0.1, 0.15) is 41.6 Å². The predicted octanol–water partition coefficient (Wildman–Crippen LogP) is 3.89. The fraction of sp³-hybridized carbons (Fsp3) is 0.375. The van der Waals surface area contributed by atoms with Crippen LogP contribution in [0, 0.1) is 5.82 Å². The van der Waals surface area contributed by atoms with Gasteiger partial charge in [-0.15, -0.1) is 0 Å². The summed E-state index contributed by atoms with van der Waals surface area (Å²) in [6, 6.07) is 7.16. The standard InChI is InChI=1S/C24H23ClFN3O4/c25-19-20-17(11-18(26)21(19)28-9-1-2-10-28)22(31)24(23(32)33,13-29(20)15-5-6-15)27-12-14-3-7-16(30)8-4-14/h3-4,7-8,11-12,15,30H,1-2,5-6,9-10,13H2,(H,32,33). The number of phenolic OH excluding ortho intramolecular Hbond substituents is 1. The highest BCUT2D eigenvalue weighted by atomic mass is 35.5. The first-order valence-electron chi connectivity index (χ1n) is 11.0. The lowest BCUT2D eigenvalue weighted by Crippen LogP contribution is -2.58. The van der Waals surface area contributed by atoms with Gasteiger partial charge >= 0.3 is 5.97 Å². The van der Waals surface area contributed by atoms with Crippen LogP contribution >= 0.6 is 11.6 Å². The van der Waals surface area contributed by atoms with Crippen molar-refractivity contribution in [2.24, 2.45) is 4.99 Å². The van der Waals surface area contributed by atoms with Gasteiger partial charge in [0.05, 0.1) is 22.9 Å². The minimum absolute atomic E-state index is 0.0221. The maximum absolute atomic E-state index is 15.2. The lowest BCUT2D eigenvalue weighted by molar-refractivity contribution is -0.140. The molecule has 7 nitrogen and oxygen atoms in total. The number of aromatic hydroxyl groups is 1. The third kappa shape index (κ3) is 3.62. The average Bonchev–Trinajstić information content (AvgIpc) is 3.50. The Bertz CT molecular complexity index is 1160. The van der Waals surface area contributed by atoms with Crippen molar-refractivity contribution in [3.63, 3.8) is 0 Å². The number of aliphatic imine (C=N–C) groups is 1. The molecule has 1 saturated carbocycles. The van der Waals surface area contributed by atoms with Gasteiger partial charge in [0.1, 0.15) is 11.6 Å². The number of nitrogens with zero attached hydrogens (tertiary/aromatic N) is 3. The van der Waals surface area contributed by atoms with E-state index < -0.39 is 23.1 Å². The van der Waals surface area contributed by atoms with Crippen LogP contribution in [0.25, 0.3) is 0 Å². The van der Waals surface area contributed by atoms with E-state index in [4.69, 9.17) is 11.6 Å². The second kappa shape index (κ2) is 8.02. The normalized spacial score (nSPS) is 22.8. The Kier molecular flexibility index (Phi) is 5.28. The number of Topliss-reactive ketones (excluding diaryl/α,β-unsaturated/α-hetero) is 1. The minimum Gasteiger partial charge on any atom is -0.508 e. The summed E-state index contributed by atoms with van der Waals surface area (Å²) in [6.07, 6.45) is 4.84. The second-order valence-electron chi connectivity index (χ2n) is 8.81. The molecule has 2 aliphatic heterocycles. The summed E-state index contributed by atoms with van der Waals surface area (Å²) < 4.78 is 15.2. The molecule has 172 valence electrons. The molecule has 1 aliphatic carbocycles. The zero-order valence-corrected chi connectivity index (χ0v) is 18.6. The average molecular weight is 472 g/mol. The number of carboxylic acids is 1. The molecule has 9 heteroatoms. The van der Waals surface area contributed by atoms with Crippen LogP contribution in [0.5, 0.6) is 5.75 Å². The quantitative estimate of drug-likeness (QED) is 0.507. The van der Waals surface area contributed by atoms with Gasteiger partial charge in [-0.3, -0.25) is 9.79 Å². The van der Waals surface area contributed by atoms with Gasteiger partial charge in [-0.1, -0.05) is 11.6 Å². The summed E-state index contributed by atoms with van der Waals surface area (Å²) in [7, 11) is 0. The Hall–Kier alpha value is -3.13. The Balaban J connectivity index is 1.63. The first kappa shape index (κ1) is 21.7. The predicted molar refractivity (Wildman–Crippen MR) is 124 cm³/mol. The number of ketones is 1. The molecule has 2 aromatic rings. The zero-order valence-electron chi connectivity index (χ0n) is 17.8. The van der Waals surface area contributed by atoms with E-state index in [1.54, 1.807) is 12.1 Å². The molecule has 2 N–H and O–H groups in total. The third-order valence-electron chi connectivity index (χ3n) is 6.57. The summed E-state index contributed by atoms with van der Waals surface area (Å²) in [5.74, 6) is -2.76. The highest BCUT2D eigenvalue weighted by molar-refractivity contribution is 6.38. The van der Waals surface area contributed by atoms with Crippen LogP contribution in [0.3, 0.4) is 0 Å². The Labute approximate surface area is 195 Å². The van der Waals surface area contributed by atoms with Gasteiger partial charge < -0.3 is 20.0 Å². The number of carbonyl (C=O) groups excluding carboxylic acids is 1. The van der Waals surface area contributed by atoms with Gasteiger partial charge in [0.25, 0.3) is 0 Å². The fourth-order valence-electron chi connectivity index (χ4n) is 4.67. The van der Waals surface area contributed by atoms with Crippen molar-refractivity contribution in [1.29, 1.82) is 0 Å². The van der Waals surface area contributed by atoms with Gasteiger partial charge in [-0.25, -0.2) is 9.18 Å². The van der Waals surface area contributed by atoms with Crippen molar-refractivity contribution in [2.75, 3.05) is 29.4 Å². The third-order valence-corrected chi connectivity index (χ3v) is 6.92. The van der Waals surface area contributed by atoms with Gasteiger partial charge in [0.2, 0.25) is 11.3 Å². The summed E-state index contributed by atoms with van der Waals surface area (Å²) >= 11 is 6.72. The number of benzene rings is 2. The van der Waals surface area contributed by atoms with Crippen molar-refractivity contribution in [3.8, 4) is 5.75 Å². The second-order valence-corrected chi connectivity index (χ2v) is 9.19. The van der Waals surface area contributed by atoms with E-state index >= 15 is 4.39 Å². The summed E-state index contributed by atoms with van der Waals surface area (Å²) in [5, 5.41) is 19.8. The van der Waals surface area contributed by atoms with Gasteiger partial charge in [-0.2, -0.15) is 0 Å². The Morgan fingerprint density at radius 2 is 1.85 bits per heavy atom. The van der Waals surface area contributed by atoms with Crippen LogP contribution in [0.2, 0.25) is 5.02 Å². The Morgan fingerprint density at radius 3 is 2.45 bits per heavy atom. The van der Waals surface area contributed by atoms with Crippen LogP contribution in [0.15, 0.2) is 35.3 Å². The summed E-state index contributed by atoms with van der Waals surface area (Å²) in [6.45, 7) is 1.18. The number of aliphatic carboxylic acids is 1. The van der Waals surface area contributed by atoms with Crippen molar-refractivity contribution < 1.29 is 24.2 Å². The van der Waals surface area contributed by atoms with Crippen LogP contribution in [0.4, 0.5) is 15.8 Å². The SMILES string of the molecule is O=C(O)C1(N=Cc2ccc(O)cc2)CN(C2CC2)c2c(cc(F)c(N3CCCC3)c2Cl)C1=O. The summed E-state index contributed by atoms with van der Waals surface area (Å²) in [4.78, 5) is 34.0. The van der Waals surface area contributed by atoms with E-state index in [0.717, 1.165) is 31.7 Å². The van der Waals surface area contributed by atoms with Crippen molar-refractivity contribution in [3.05, 3.63) is 52.3 Å².